The van der Waals surface area contributed by atoms with Crippen molar-refractivity contribution in [3.05, 3.63) is 224 Å². The molecule has 0 spiro atoms. The summed E-state index contributed by atoms with van der Waals surface area (Å²) < 4.78 is 6.85. The average Bonchev–Trinajstić information content (AvgIpc) is 3.74. The fraction of sp³-hybridized carbons (Fsp3) is 0. The third-order valence-electron chi connectivity index (χ3n) is 12.1. The maximum absolute atomic E-state index is 6.85. The molecule has 4 nitrogen and oxygen atoms in total. The highest BCUT2D eigenvalue weighted by Crippen LogP contribution is 2.42. The second-order valence-corrected chi connectivity index (χ2v) is 16.0. The van der Waals surface area contributed by atoms with Gasteiger partial charge in [-0.05, 0) is 96.4 Å². The molecule has 0 bridgehead atoms. The van der Waals surface area contributed by atoms with Gasteiger partial charge in [-0.1, -0.05) is 194 Å². The van der Waals surface area contributed by atoms with Crippen LogP contribution in [0, 0.1) is 0 Å². The number of furan rings is 1. The Kier molecular flexibility index (Phi) is 8.79. The van der Waals surface area contributed by atoms with E-state index in [1.807, 2.05) is 12.1 Å². The molecule has 12 rings (SSSR count). The van der Waals surface area contributed by atoms with Gasteiger partial charge in [-0.3, -0.25) is 0 Å². The van der Waals surface area contributed by atoms with Crippen molar-refractivity contribution in [3.63, 3.8) is 0 Å². The zero-order chi connectivity index (χ0) is 41.7. The molecule has 0 atom stereocenters. The van der Waals surface area contributed by atoms with Crippen molar-refractivity contribution in [3.8, 4) is 78.7 Å². The minimum Gasteiger partial charge on any atom is -0.456 e. The third-order valence-corrected chi connectivity index (χ3v) is 12.1. The molecule has 294 valence electrons. The zero-order valence-electron chi connectivity index (χ0n) is 34.1. The van der Waals surface area contributed by atoms with Crippen molar-refractivity contribution < 1.29 is 4.42 Å². The fourth-order valence-electron chi connectivity index (χ4n) is 8.98. The fourth-order valence-corrected chi connectivity index (χ4v) is 8.98. The van der Waals surface area contributed by atoms with E-state index in [9.17, 15) is 0 Å². The summed E-state index contributed by atoms with van der Waals surface area (Å²) in [5.74, 6) is 1.79. The summed E-state index contributed by atoms with van der Waals surface area (Å²) in [6.45, 7) is 0. The Morgan fingerprint density at radius 3 is 1.37 bits per heavy atom. The van der Waals surface area contributed by atoms with Crippen LogP contribution in [0.25, 0.3) is 122 Å². The first-order valence-corrected chi connectivity index (χ1v) is 21.2. The van der Waals surface area contributed by atoms with Gasteiger partial charge in [0.1, 0.15) is 11.2 Å². The Morgan fingerprint density at radius 2 is 0.714 bits per heavy atom. The molecule has 0 aliphatic carbocycles. The summed E-state index contributed by atoms with van der Waals surface area (Å²) in [7, 11) is 0. The van der Waals surface area contributed by atoms with Crippen LogP contribution in [0.1, 0.15) is 0 Å². The van der Waals surface area contributed by atoms with Crippen molar-refractivity contribution in [2.75, 3.05) is 0 Å². The van der Waals surface area contributed by atoms with Crippen LogP contribution in [0.5, 0.6) is 0 Å². The maximum Gasteiger partial charge on any atom is 0.164 e. The predicted octanol–water partition coefficient (Wildman–Crippen LogP) is 15.7. The minimum atomic E-state index is 0.573. The standard InChI is InChI=1S/C59H37N3O/c1-4-14-38(15-5-1)41-24-28-43(29-25-41)52-35-47(40-18-8-3-9-19-40)37-55-56(52)51-33-32-46(36-54(51)63-55)58-60-57(44-30-26-42(27-31-44)39-16-6-2-7-17-39)61-59(62-58)53-34-45-20-10-11-21-48(45)49-22-12-13-23-50(49)53/h1-37H. The van der Waals surface area contributed by atoms with Gasteiger partial charge in [0.2, 0.25) is 0 Å². The van der Waals surface area contributed by atoms with Gasteiger partial charge in [-0.2, -0.15) is 0 Å². The molecule has 0 saturated heterocycles. The molecule has 0 fully saturated rings. The molecule has 0 aliphatic rings. The lowest BCUT2D eigenvalue weighted by Crippen LogP contribution is -2.01. The van der Waals surface area contributed by atoms with Crippen LogP contribution < -0.4 is 0 Å². The van der Waals surface area contributed by atoms with E-state index < -0.39 is 0 Å². The second kappa shape index (κ2) is 15.2. The lowest BCUT2D eigenvalue weighted by atomic mass is 9.93. The van der Waals surface area contributed by atoms with Crippen LogP contribution in [0.2, 0.25) is 0 Å². The van der Waals surface area contributed by atoms with E-state index in [4.69, 9.17) is 19.4 Å². The van der Waals surface area contributed by atoms with E-state index in [1.54, 1.807) is 0 Å². The van der Waals surface area contributed by atoms with E-state index in [0.29, 0.717) is 17.5 Å². The van der Waals surface area contributed by atoms with Crippen molar-refractivity contribution in [1.29, 1.82) is 0 Å². The summed E-state index contributed by atoms with van der Waals surface area (Å²) in [6, 6.07) is 78.8. The Morgan fingerprint density at radius 1 is 0.254 bits per heavy atom. The van der Waals surface area contributed by atoms with Crippen LogP contribution in [-0.4, -0.2) is 15.0 Å². The summed E-state index contributed by atoms with van der Waals surface area (Å²) in [6.07, 6.45) is 0. The lowest BCUT2D eigenvalue weighted by molar-refractivity contribution is 0.669. The van der Waals surface area contributed by atoms with E-state index in [0.717, 1.165) is 88.2 Å². The molecule has 2 heterocycles. The van der Waals surface area contributed by atoms with Gasteiger partial charge in [0.15, 0.2) is 17.5 Å². The molecule has 10 aromatic carbocycles. The number of fused-ring (bicyclic) bond motifs is 6. The van der Waals surface area contributed by atoms with Gasteiger partial charge >= 0.3 is 0 Å². The number of nitrogens with zero attached hydrogens (tertiary/aromatic N) is 3. The van der Waals surface area contributed by atoms with Gasteiger partial charge in [-0.15, -0.1) is 0 Å². The summed E-state index contributed by atoms with van der Waals surface area (Å²) in [5, 5.41) is 6.67. The molecule has 0 N–H and O–H groups in total. The van der Waals surface area contributed by atoms with E-state index in [-0.39, 0.29) is 0 Å². The highest BCUT2D eigenvalue weighted by atomic mass is 16.3. The Hall–Kier alpha value is -8.47. The highest BCUT2D eigenvalue weighted by molar-refractivity contribution is 6.15. The second-order valence-electron chi connectivity index (χ2n) is 16.0. The lowest BCUT2D eigenvalue weighted by Gasteiger charge is -2.12. The largest absolute Gasteiger partial charge is 0.456 e. The molecule has 4 heteroatoms. The van der Waals surface area contributed by atoms with Crippen molar-refractivity contribution in [2.24, 2.45) is 0 Å². The zero-order valence-corrected chi connectivity index (χ0v) is 34.1. The van der Waals surface area contributed by atoms with E-state index in [1.165, 1.54) is 16.5 Å². The first-order chi connectivity index (χ1) is 31.2. The Bertz CT molecular complexity index is 3640. The molecule has 2 aromatic heterocycles. The summed E-state index contributed by atoms with van der Waals surface area (Å²) in [5.41, 5.74) is 13.4. The van der Waals surface area contributed by atoms with E-state index in [2.05, 4.69) is 212 Å². The Labute approximate surface area is 364 Å². The molecule has 0 radical (unpaired) electrons. The van der Waals surface area contributed by atoms with Gasteiger partial charge in [-0.25, -0.2) is 15.0 Å². The number of benzene rings is 10. The normalized spacial score (nSPS) is 11.5. The van der Waals surface area contributed by atoms with Gasteiger partial charge < -0.3 is 4.42 Å². The molecule has 12 aromatic rings. The first kappa shape index (κ1) is 36.4. The molecule has 0 amide bonds. The number of aromatic nitrogens is 3. The average molecular weight is 804 g/mol. The smallest absolute Gasteiger partial charge is 0.164 e. The number of rotatable bonds is 7. The molecule has 0 aliphatic heterocycles. The highest BCUT2D eigenvalue weighted by Gasteiger charge is 2.20. The quantitative estimate of drug-likeness (QED) is 0.151. The summed E-state index contributed by atoms with van der Waals surface area (Å²) >= 11 is 0. The number of hydrogen-bond donors (Lipinski definition) is 0. The van der Waals surface area contributed by atoms with Crippen LogP contribution in [0.15, 0.2) is 229 Å². The molecular formula is C59H37N3O. The predicted molar refractivity (Wildman–Crippen MR) is 260 cm³/mol. The maximum atomic E-state index is 6.85. The minimum absolute atomic E-state index is 0.573. The Balaban J connectivity index is 1.04. The van der Waals surface area contributed by atoms with Gasteiger partial charge in [0.05, 0.1) is 0 Å². The molecule has 0 unspecified atom stereocenters. The molecular weight excluding hydrogens is 767 g/mol. The van der Waals surface area contributed by atoms with Gasteiger partial charge in [0, 0.05) is 27.5 Å². The van der Waals surface area contributed by atoms with Crippen molar-refractivity contribution in [2.45, 2.75) is 0 Å². The number of hydrogen-bond acceptors (Lipinski definition) is 4. The first-order valence-electron chi connectivity index (χ1n) is 21.2. The SMILES string of the molecule is c1ccc(-c2ccc(-c3nc(-c4ccc5c(c4)oc4cc(-c6ccccc6)cc(-c6ccc(-c7ccccc7)cc6)c45)nc(-c4cc5ccccc5c5ccccc45)n3)cc2)cc1. The third kappa shape index (κ3) is 6.62. The van der Waals surface area contributed by atoms with Crippen LogP contribution in [0.4, 0.5) is 0 Å². The monoisotopic (exact) mass is 803 g/mol. The molecule has 0 saturated carbocycles. The summed E-state index contributed by atoms with van der Waals surface area (Å²) in [4.78, 5) is 15.7. The van der Waals surface area contributed by atoms with Gasteiger partial charge in [0.25, 0.3) is 0 Å². The van der Waals surface area contributed by atoms with Crippen molar-refractivity contribution in [1.82, 2.24) is 15.0 Å². The molecule has 63 heavy (non-hydrogen) atoms. The van der Waals surface area contributed by atoms with E-state index >= 15 is 0 Å². The van der Waals surface area contributed by atoms with Crippen LogP contribution in [0.3, 0.4) is 0 Å². The van der Waals surface area contributed by atoms with Crippen LogP contribution in [-0.2, 0) is 0 Å². The van der Waals surface area contributed by atoms with Crippen molar-refractivity contribution >= 4 is 43.5 Å². The van der Waals surface area contributed by atoms with Crippen LogP contribution >= 0.6 is 0 Å². The topological polar surface area (TPSA) is 51.8 Å².